The first-order valence-electron chi connectivity index (χ1n) is 20.3. The van der Waals surface area contributed by atoms with E-state index in [-0.39, 0.29) is 5.92 Å². The number of furan rings is 1. The molecule has 7 aromatic rings. The van der Waals surface area contributed by atoms with Gasteiger partial charge >= 0.3 is 0 Å². The van der Waals surface area contributed by atoms with Crippen LogP contribution in [0.2, 0.25) is 0 Å². The topological polar surface area (TPSA) is 53.5 Å². The predicted octanol–water partition coefficient (Wildman–Crippen LogP) is 13.2. The van der Waals surface area contributed by atoms with E-state index in [9.17, 15) is 0 Å². The zero-order valence-electron chi connectivity index (χ0n) is 32.7. The van der Waals surface area contributed by atoms with Crippen molar-refractivity contribution < 1.29 is 4.42 Å². The largest absolute Gasteiger partial charge is 0.456 e. The van der Waals surface area contributed by atoms with Crippen molar-refractivity contribution in [2.24, 2.45) is 20.9 Å². The Morgan fingerprint density at radius 2 is 1.47 bits per heavy atom. The molecular weight excluding hydrogens is 721 g/mol. The van der Waals surface area contributed by atoms with Crippen LogP contribution >= 0.6 is 0 Å². The molecular formula is C54H42N4O. The van der Waals surface area contributed by atoms with Crippen molar-refractivity contribution >= 4 is 56.8 Å². The normalized spacial score (nSPS) is 17.8. The van der Waals surface area contributed by atoms with Crippen LogP contribution in [-0.4, -0.2) is 18.4 Å². The summed E-state index contributed by atoms with van der Waals surface area (Å²) in [5.74, 6) is 1.60. The molecule has 0 saturated carbocycles. The maximum absolute atomic E-state index is 6.63. The fraction of sp³-hybridized carbons (Fsp3) is 0.0926. The molecule has 1 aromatic heterocycles. The van der Waals surface area contributed by atoms with Crippen molar-refractivity contribution in [2.75, 3.05) is 4.90 Å². The molecule has 0 saturated heterocycles. The minimum atomic E-state index is 0.145. The number of hydrogen-bond donors (Lipinski definition) is 0. The molecule has 0 bridgehead atoms. The summed E-state index contributed by atoms with van der Waals surface area (Å²) < 4.78 is 6.63. The van der Waals surface area contributed by atoms with Crippen LogP contribution in [0.5, 0.6) is 0 Å². The number of nitrogens with zero attached hydrogens (tertiary/aromatic N) is 4. The van der Waals surface area contributed by atoms with Crippen molar-refractivity contribution in [3.05, 3.63) is 233 Å². The van der Waals surface area contributed by atoms with E-state index in [2.05, 4.69) is 144 Å². The molecule has 0 radical (unpaired) electrons. The summed E-state index contributed by atoms with van der Waals surface area (Å²) in [6.45, 7) is 4.46. The fourth-order valence-corrected chi connectivity index (χ4v) is 8.55. The van der Waals surface area contributed by atoms with Crippen molar-refractivity contribution in [1.29, 1.82) is 0 Å². The van der Waals surface area contributed by atoms with E-state index in [0.717, 1.165) is 62.9 Å². The first kappa shape index (κ1) is 36.0. The molecule has 0 fully saturated rings. The molecule has 284 valence electrons. The molecule has 3 aliphatic rings. The van der Waals surface area contributed by atoms with Gasteiger partial charge in [0.15, 0.2) is 11.7 Å². The third-order valence-electron chi connectivity index (χ3n) is 11.5. The molecule has 2 unspecified atom stereocenters. The van der Waals surface area contributed by atoms with Crippen LogP contribution in [-0.2, 0) is 6.54 Å². The zero-order chi connectivity index (χ0) is 39.5. The molecule has 3 aliphatic carbocycles. The lowest BCUT2D eigenvalue weighted by molar-refractivity contribution is 0.667. The highest BCUT2D eigenvalue weighted by Crippen LogP contribution is 2.41. The zero-order valence-corrected chi connectivity index (χ0v) is 32.7. The van der Waals surface area contributed by atoms with Gasteiger partial charge in [0.1, 0.15) is 11.2 Å². The van der Waals surface area contributed by atoms with Crippen molar-refractivity contribution in [3.8, 4) is 0 Å². The van der Waals surface area contributed by atoms with Crippen LogP contribution in [0.3, 0.4) is 0 Å². The number of aliphatic imine (C=N–C) groups is 3. The van der Waals surface area contributed by atoms with Gasteiger partial charge in [-0.15, -0.1) is 0 Å². The maximum Gasteiger partial charge on any atom is 0.161 e. The third kappa shape index (κ3) is 7.13. The van der Waals surface area contributed by atoms with E-state index in [1.54, 1.807) is 0 Å². The molecule has 1 heterocycles. The highest BCUT2D eigenvalue weighted by Gasteiger charge is 2.26. The maximum atomic E-state index is 6.63. The predicted molar refractivity (Wildman–Crippen MR) is 246 cm³/mol. The highest BCUT2D eigenvalue weighted by atomic mass is 16.3. The Kier molecular flexibility index (Phi) is 9.69. The lowest BCUT2D eigenvalue weighted by atomic mass is 9.85. The van der Waals surface area contributed by atoms with Gasteiger partial charge in [-0.05, 0) is 83.4 Å². The van der Waals surface area contributed by atoms with Gasteiger partial charge in [0.05, 0.1) is 6.54 Å². The highest BCUT2D eigenvalue weighted by molar-refractivity contribution is 6.21. The van der Waals surface area contributed by atoms with Gasteiger partial charge in [-0.2, -0.15) is 0 Å². The van der Waals surface area contributed by atoms with Gasteiger partial charge < -0.3 is 9.32 Å². The number of amidine groups is 2. The lowest BCUT2D eigenvalue weighted by Crippen LogP contribution is -2.26. The van der Waals surface area contributed by atoms with Gasteiger partial charge in [-0.1, -0.05) is 158 Å². The Morgan fingerprint density at radius 3 is 2.34 bits per heavy atom. The van der Waals surface area contributed by atoms with Gasteiger partial charge in [-0.25, -0.2) is 9.98 Å². The van der Waals surface area contributed by atoms with Crippen molar-refractivity contribution in [1.82, 2.24) is 0 Å². The van der Waals surface area contributed by atoms with Gasteiger partial charge in [-0.3, -0.25) is 4.99 Å². The molecule has 5 nitrogen and oxygen atoms in total. The fourth-order valence-electron chi connectivity index (χ4n) is 8.55. The number of hydrogen-bond acceptors (Lipinski definition) is 3. The summed E-state index contributed by atoms with van der Waals surface area (Å²) in [7, 11) is 0. The molecule has 59 heavy (non-hydrogen) atoms. The molecule has 10 rings (SSSR count). The first-order chi connectivity index (χ1) is 29.2. The van der Waals surface area contributed by atoms with Gasteiger partial charge in [0.25, 0.3) is 0 Å². The number of rotatable bonds is 8. The van der Waals surface area contributed by atoms with E-state index >= 15 is 0 Å². The minimum Gasteiger partial charge on any atom is -0.456 e. The molecule has 5 heteroatoms. The summed E-state index contributed by atoms with van der Waals surface area (Å²) >= 11 is 0. The van der Waals surface area contributed by atoms with E-state index in [1.165, 1.54) is 27.6 Å². The number of fused-ring (bicyclic) bond motifs is 5. The van der Waals surface area contributed by atoms with Gasteiger partial charge in [0.2, 0.25) is 0 Å². The van der Waals surface area contributed by atoms with Crippen LogP contribution in [0.15, 0.2) is 231 Å². The Labute approximate surface area is 344 Å². The second kappa shape index (κ2) is 15.9. The molecule has 0 amide bonds. The second-order valence-corrected chi connectivity index (χ2v) is 15.2. The Morgan fingerprint density at radius 1 is 0.678 bits per heavy atom. The Bertz CT molecular complexity index is 2990. The average Bonchev–Trinajstić information content (AvgIpc) is 3.68. The second-order valence-electron chi connectivity index (χ2n) is 15.2. The SMILES string of the molecule is C=NC(=NC(=NCc1ccccc1)c1ccccc1)c1cccc2oc3cc(C4C=C(N(C5=C6C=CC=CC6CC=C5)c5ccc6ccccc6c5)C=CC4)ccc3c12. The summed E-state index contributed by atoms with van der Waals surface area (Å²) in [5, 5.41) is 4.42. The van der Waals surface area contributed by atoms with Gasteiger partial charge in [0, 0.05) is 50.8 Å². The summed E-state index contributed by atoms with van der Waals surface area (Å²) in [6, 6.07) is 48.3. The standard InChI is InChI=1S/C54H42N4O/c1-55-54(57-53(40-19-6-3-7-20-40)56-36-37-15-4-2-5-16-37)48-26-14-28-50-52(48)47-32-30-43(35-51(47)59-50)42-23-12-24-44(34-42)58(45-31-29-38-17-8-9-21-41(38)33-45)49-27-13-22-39-18-10-11-25-46(39)49/h2-21,24-35,39,42H,1,22-23,36H2. The number of allylic oxidation sites excluding steroid dienone is 10. The molecule has 2 atom stereocenters. The smallest absolute Gasteiger partial charge is 0.161 e. The monoisotopic (exact) mass is 762 g/mol. The molecule has 6 aromatic carbocycles. The van der Waals surface area contributed by atoms with E-state index in [4.69, 9.17) is 14.4 Å². The summed E-state index contributed by atoms with van der Waals surface area (Å²) in [6.07, 6.45) is 22.5. The number of benzene rings is 6. The average molecular weight is 763 g/mol. The molecule has 0 N–H and O–H groups in total. The molecule has 0 spiro atoms. The van der Waals surface area contributed by atoms with Crippen LogP contribution in [0.4, 0.5) is 5.69 Å². The lowest BCUT2D eigenvalue weighted by Gasteiger charge is -2.34. The van der Waals surface area contributed by atoms with Crippen LogP contribution in [0, 0.1) is 5.92 Å². The Balaban J connectivity index is 1.03. The number of anilines is 1. The third-order valence-corrected chi connectivity index (χ3v) is 11.5. The van der Waals surface area contributed by atoms with Crippen LogP contribution < -0.4 is 4.90 Å². The quantitative estimate of drug-likeness (QED) is 0.114. The minimum absolute atomic E-state index is 0.145. The van der Waals surface area contributed by atoms with E-state index < -0.39 is 0 Å². The van der Waals surface area contributed by atoms with E-state index in [1.807, 2.05) is 66.7 Å². The Hall–Kier alpha value is -7.37. The van der Waals surface area contributed by atoms with Crippen molar-refractivity contribution in [3.63, 3.8) is 0 Å². The van der Waals surface area contributed by atoms with Crippen LogP contribution in [0.1, 0.15) is 41.0 Å². The van der Waals surface area contributed by atoms with Crippen LogP contribution in [0.25, 0.3) is 32.7 Å². The first-order valence-corrected chi connectivity index (χ1v) is 20.3. The van der Waals surface area contributed by atoms with E-state index in [0.29, 0.717) is 24.1 Å². The van der Waals surface area contributed by atoms with Crippen molar-refractivity contribution in [2.45, 2.75) is 25.3 Å². The molecule has 0 aliphatic heterocycles. The summed E-state index contributed by atoms with van der Waals surface area (Å²) in [5.41, 5.74) is 10.5. The summed E-state index contributed by atoms with van der Waals surface area (Å²) in [4.78, 5) is 16.9.